The third-order valence-electron chi connectivity index (χ3n) is 6.30. The van der Waals surface area contributed by atoms with E-state index in [1.54, 1.807) is 6.92 Å². The van der Waals surface area contributed by atoms with Crippen molar-refractivity contribution in [2.24, 2.45) is 0 Å². The van der Waals surface area contributed by atoms with Crippen molar-refractivity contribution in [3.05, 3.63) is 48.0 Å². The fourth-order valence-corrected chi connectivity index (χ4v) is 4.33. The van der Waals surface area contributed by atoms with E-state index in [9.17, 15) is 14.7 Å². The molecule has 2 aliphatic heterocycles. The Morgan fingerprint density at radius 1 is 1.21 bits per heavy atom. The third kappa shape index (κ3) is 5.42. The number of ether oxygens (including phenoxy) is 1. The van der Waals surface area contributed by atoms with E-state index in [1.807, 2.05) is 49.4 Å². The largest absolute Gasteiger partial charge is 0.390 e. The number of morpholine rings is 1. The second kappa shape index (κ2) is 10.4. The van der Waals surface area contributed by atoms with Gasteiger partial charge < -0.3 is 25.8 Å². The number of amides is 2. The summed E-state index contributed by atoms with van der Waals surface area (Å²) in [6.45, 7) is 7.50. The van der Waals surface area contributed by atoms with E-state index in [4.69, 9.17) is 4.74 Å². The maximum Gasteiger partial charge on any atom is 0.241 e. The van der Waals surface area contributed by atoms with Gasteiger partial charge in [0, 0.05) is 31.7 Å². The van der Waals surface area contributed by atoms with E-state index in [1.165, 1.54) is 0 Å². The minimum atomic E-state index is -0.574. The first kappa shape index (κ1) is 23.4. The van der Waals surface area contributed by atoms with E-state index in [-0.39, 0.29) is 17.7 Å². The topological polar surface area (TPSA) is 103 Å². The monoisotopic (exact) mass is 452 g/mol. The van der Waals surface area contributed by atoms with E-state index in [0.717, 1.165) is 29.8 Å². The molecule has 8 nitrogen and oxygen atoms in total. The highest BCUT2D eigenvalue weighted by Gasteiger charge is 2.27. The van der Waals surface area contributed by atoms with Crippen LogP contribution in [0.15, 0.2) is 42.5 Å². The highest BCUT2D eigenvalue weighted by atomic mass is 16.5. The zero-order chi connectivity index (χ0) is 23.4. The number of rotatable bonds is 7. The van der Waals surface area contributed by atoms with Crippen LogP contribution in [0.4, 0.5) is 11.4 Å². The molecule has 33 heavy (non-hydrogen) atoms. The van der Waals surface area contributed by atoms with Crippen LogP contribution in [-0.2, 0) is 14.3 Å². The molecule has 1 unspecified atom stereocenters. The predicted octanol–water partition coefficient (Wildman–Crippen LogP) is 2.02. The molecule has 176 valence electrons. The molecule has 8 heteroatoms. The van der Waals surface area contributed by atoms with Crippen LogP contribution in [0.5, 0.6) is 0 Å². The number of nitrogens with one attached hydrogen (secondary N) is 3. The van der Waals surface area contributed by atoms with Crippen LogP contribution >= 0.6 is 0 Å². The molecule has 1 saturated heterocycles. The molecule has 0 saturated carbocycles. The van der Waals surface area contributed by atoms with E-state index in [0.29, 0.717) is 37.7 Å². The third-order valence-corrected chi connectivity index (χ3v) is 6.30. The van der Waals surface area contributed by atoms with Gasteiger partial charge in [-0.1, -0.05) is 30.3 Å². The number of carbonyl (C=O) groups is 2. The zero-order valence-electron chi connectivity index (χ0n) is 19.1. The van der Waals surface area contributed by atoms with Gasteiger partial charge in [0.05, 0.1) is 42.7 Å². The Balaban J connectivity index is 1.45. The fraction of sp³-hybridized carbons (Fsp3) is 0.440. The number of hydrogen-bond acceptors (Lipinski definition) is 6. The molecule has 0 aromatic heterocycles. The Morgan fingerprint density at radius 3 is 2.76 bits per heavy atom. The number of nitrogens with zero attached hydrogens (tertiary/aromatic N) is 1. The van der Waals surface area contributed by atoms with Gasteiger partial charge in [-0.25, -0.2) is 0 Å². The molecular formula is C25H32N4O4. The average Bonchev–Trinajstić information content (AvgIpc) is 2.93. The van der Waals surface area contributed by atoms with Gasteiger partial charge in [0.25, 0.3) is 0 Å². The lowest BCUT2D eigenvalue weighted by atomic mass is 9.91. The van der Waals surface area contributed by atoms with Crippen molar-refractivity contribution < 1.29 is 19.4 Å². The Hall–Kier alpha value is -2.78. The molecule has 2 aromatic rings. The molecule has 0 spiro atoms. The minimum Gasteiger partial charge on any atom is -0.390 e. The van der Waals surface area contributed by atoms with Crippen LogP contribution in [0.2, 0.25) is 0 Å². The van der Waals surface area contributed by atoms with E-state index < -0.39 is 12.1 Å². The molecule has 2 heterocycles. The maximum absolute atomic E-state index is 13.0. The number of anilines is 2. The van der Waals surface area contributed by atoms with Crippen molar-refractivity contribution in [3.63, 3.8) is 0 Å². The predicted molar refractivity (Wildman–Crippen MR) is 128 cm³/mol. The van der Waals surface area contributed by atoms with E-state index >= 15 is 0 Å². The van der Waals surface area contributed by atoms with Gasteiger partial charge in [-0.05, 0) is 37.1 Å². The molecule has 0 bridgehead atoms. The van der Waals surface area contributed by atoms with Crippen LogP contribution < -0.4 is 16.0 Å². The van der Waals surface area contributed by atoms with Gasteiger partial charge in [0.2, 0.25) is 11.8 Å². The Kier molecular flexibility index (Phi) is 7.39. The molecule has 2 amide bonds. The number of hydrogen-bond donors (Lipinski definition) is 4. The Morgan fingerprint density at radius 2 is 1.97 bits per heavy atom. The van der Waals surface area contributed by atoms with Crippen LogP contribution in [0.1, 0.15) is 25.3 Å². The van der Waals surface area contributed by atoms with Crippen molar-refractivity contribution in [1.29, 1.82) is 0 Å². The summed E-state index contributed by atoms with van der Waals surface area (Å²) >= 11 is 0. The van der Waals surface area contributed by atoms with Crippen molar-refractivity contribution in [1.82, 2.24) is 10.2 Å². The standard InChI is InChI=1S/C25H32N4O4/c1-16-19-6-3-4-7-20(19)23-21(27-24(16)31)8-5-9-22(23)28-25(32)17(2)26-14-18(30)15-29-10-12-33-13-11-29/h3-9,16-18,26,30H,10-15H2,1-2H3,(H,27,31)(H,28,32)/t16?,17-,18+/m0/s1. The number of fused-ring (bicyclic) bond motifs is 3. The number of carbonyl (C=O) groups excluding carboxylic acids is 2. The van der Waals surface area contributed by atoms with E-state index in [2.05, 4.69) is 20.9 Å². The number of β-amino-alcohol motifs (C(OH)–C–C–N with tert-alkyl or cyclic N) is 1. The highest BCUT2D eigenvalue weighted by Crippen LogP contribution is 2.42. The molecular weight excluding hydrogens is 420 g/mol. The van der Waals surface area contributed by atoms with Crippen molar-refractivity contribution >= 4 is 23.2 Å². The quantitative estimate of drug-likeness (QED) is 0.513. The summed E-state index contributed by atoms with van der Waals surface area (Å²) in [6.07, 6.45) is -0.574. The second-order valence-corrected chi connectivity index (χ2v) is 8.71. The smallest absolute Gasteiger partial charge is 0.241 e. The van der Waals surface area contributed by atoms with Crippen molar-refractivity contribution in [2.45, 2.75) is 31.9 Å². The minimum absolute atomic E-state index is 0.0750. The lowest BCUT2D eigenvalue weighted by Gasteiger charge is -2.29. The number of aliphatic hydroxyl groups excluding tert-OH is 1. The summed E-state index contributed by atoms with van der Waals surface area (Å²) in [6, 6.07) is 12.8. The Labute approximate surface area is 194 Å². The molecule has 2 aromatic carbocycles. The average molecular weight is 453 g/mol. The molecule has 3 atom stereocenters. The number of benzene rings is 2. The van der Waals surface area contributed by atoms with Crippen LogP contribution in [-0.4, -0.2) is 73.4 Å². The zero-order valence-corrected chi connectivity index (χ0v) is 19.1. The molecule has 0 aliphatic carbocycles. The first-order valence-electron chi connectivity index (χ1n) is 11.5. The maximum atomic E-state index is 13.0. The lowest BCUT2D eigenvalue weighted by Crippen LogP contribution is -2.47. The van der Waals surface area contributed by atoms with Crippen molar-refractivity contribution in [2.75, 3.05) is 50.0 Å². The summed E-state index contributed by atoms with van der Waals surface area (Å²) in [5, 5.41) is 19.5. The molecule has 0 radical (unpaired) electrons. The number of aliphatic hydroxyl groups is 1. The summed E-state index contributed by atoms with van der Waals surface area (Å²) in [5.74, 6) is -0.581. The van der Waals surface area contributed by atoms with Gasteiger partial charge in [-0.3, -0.25) is 14.5 Å². The van der Waals surface area contributed by atoms with Gasteiger partial charge in [-0.2, -0.15) is 0 Å². The van der Waals surface area contributed by atoms with Crippen LogP contribution in [0.25, 0.3) is 11.1 Å². The molecule has 1 fully saturated rings. The second-order valence-electron chi connectivity index (χ2n) is 8.71. The molecule has 2 aliphatic rings. The SMILES string of the molecule is CC1C(=O)Nc2cccc(NC(=O)[C@H](C)NC[C@@H](O)CN3CCOCC3)c2-c2ccccc21. The fourth-order valence-electron chi connectivity index (χ4n) is 4.33. The summed E-state index contributed by atoms with van der Waals surface area (Å²) in [5.41, 5.74) is 3.97. The Bertz CT molecular complexity index is 1010. The van der Waals surface area contributed by atoms with Crippen LogP contribution in [0, 0.1) is 0 Å². The molecule has 4 rings (SSSR count). The van der Waals surface area contributed by atoms with Crippen molar-refractivity contribution in [3.8, 4) is 11.1 Å². The first-order valence-corrected chi connectivity index (χ1v) is 11.5. The highest BCUT2D eigenvalue weighted by molar-refractivity contribution is 6.08. The van der Waals surface area contributed by atoms with Gasteiger partial charge >= 0.3 is 0 Å². The van der Waals surface area contributed by atoms with Gasteiger partial charge in [-0.15, -0.1) is 0 Å². The first-order chi connectivity index (χ1) is 15.9. The normalized spacial score (nSPS) is 20.1. The summed E-state index contributed by atoms with van der Waals surface area (Å²) in [4.78, 5) is 27.7. The van der Waals surface area contributed by atoms with Gasteiger partial charge in [0.1, 0.15) is 0 Å². The van der Waals surface area contributed by atoms with Gasteiger partial charge in [0.15, 0.2) is 0 Å². The summed E-state index contributed by atoms with van der Waals surface area (Å²) < 4.78 is 5.33. The molecule has 4 N–H and O–H groups in total. The van der Waals surface area contributed by atoms with Crippen LogP contribution in [0.3, 0.4) is 0 Å². The summed E-state index contributed by atoms with van der Waals surface area (Å²) in [7, 11) is 0. The lowest BCUT2D eigenvalue weighted by molar-refractivity contribution is -0.118.